The number of azo groups is 2. The smallest absolute Gasteiger partial charge is 0.336 e. The van der Waals surface area contributed by atoms with Gasteiger partial charge in [-0.1, -0.05) is 30.5 Å². The molecule has 6 aromatic rings. The van der Waals surface area contributed by atoms with E-state index in [1.165, 1.54) is 37.4 Å². The number of aliphatic hydroxyl groups excluding tert-OH is 4. The molecule has 1 aromatic heterocycles. The Labute approximate surface area is 594 Å². The van der Waals surface area contributed by atoms with Gasteiger partial charge in [0.2, 0.25) is 11.3 Å². The first kappa shape index (κ1) is 76.9. The molecule has 1 aliphatic carbocycles. The molecule has 9 rings (SSSR count). The number of anilines is 2. The van der Waals surface area contributed by atoms with Crippen molar-refractivity contribution in [3.63, 3.8) is 0 Å². The number of fused-ring (bicyclic) bond motifs is 2. The van der Waals surface area contributed by atoms with Crippen molar-refractivity contribution in [1.29, 1.82) is 0 Å². The fraction of sp³-hybridized carbons (Fsp3) is 0.411. The lowest BCUT2D eigenvalue weighted by molar-refractivity contribution is -0.384. The number of hydrogen-bond donors (Lipinski definition) is 7. The number of non-ortho nitro benzene ring substituents is 1. The van der Waals surface area contributed by atoms with Gasteiger partial charge in [0.05, 0.1) is 92.9 Å². The van der Waals surface area contributed by atoms with Gasteiger partial charge >= 0.3 is 5.97 Å². The van der Waals surface area contributed by atoms with Crippen molar-refractivity contribution < 1.29 is 77.7 Å². The van der Waals surface area contributed by atoms with Crippen molar-refractivity contribution in [2.75, 3.05) is 91.7 Å². The highest BCUT2D eigenvalue weighted by Crippen LogP contribution is 2.43. The molecule has 30 heteroatoms. The molecule has 30 nitrogen and oxygen atoms in total. The summed E-state index contributed by atoms with van der Waals surface area (Å²) in [5.74, 6) is -0.963. The van der Waals surface area contributed by atoms with Gasteiger partial charge in [0.15, 0.2) is 12.6 Å². The molecule has 1 unspecified atom stereocenters. The molecule has 3 aliphatic rings. The van der Waals surface area contributed by atoms with Crippen molar-refractivity contribution in [2.24, 2.45) is 20.5 Å². The zero-order chi connectivity index (χ0) is 73.7. The average molecular weight is 1420 g/mol. The quantitative estimate of drug-likeness (QED) is 0.00363. The number of ketones is 1. The van der Waals surface area contributed by atoms with Crippen molar-refractivity contribution in [2.45, 2.75) is 115 Å². The topological polar surface area (TPSA) is 386 Å². The molecule has 2 aliphatic heterocycles. The first-order chi connectivity index (χ1) is 49.6. The maximum atomic E-state index is 13.5. The highest BCUT2D eigenvalue weighted by Gasteiger charge is 2.45. The summed E-state index contributed by atoms with van der Waals surface area (Å²) in [6.45, 7) is 2.79. The number of carboxylic acids is 1. The summed E-state index contributed by atoms with van der Waals surface area (Å²) in [4.78, 5) is 67.0. The van der Waals surface area contributed by atoms with Crippen LogP contribution in [0.5, 0.6) is 5.75 Å². The predicted octanol–water partition coefficient (Wildman–Crippen LogP) is 9.09. The number of methoxy groups -OCH3 is 1. The molecule has 0 radical (unpaired) electrons. The number of amides is 2. The number of nitro groups is 1. The Kier molecular flexibility index (Phi) is 27.6. The number of nitrogens with one attached hydrogen (secondary N) is 2. The van der Waals surface area contributed by atoms with Gasteiger partial charge in [-0.15, -0.1) is 10.2 Å². The Bertz CT molecular complexity index is 4330. The van der Waals surface area contributed by atoms with E-state index in [0.29, 0.717) is 102 Å². The van der Waals surface area contributed by atoms with Crippen LogP contribution < -0.4 is 35.1 Å². The number of carbonyl (C=O) groups excluding carboxylic acids is 3. The molecule has 3 heterocycles. The maximum absolute atomic E-state index is 13.5. The van der Waals surface area contributed by atoms with E-state index < -0.39 is 60.4 Å². The second kappa shape index (κ2) is 37.0. The van der Waals surface area contributed by atoms with Crippen LogP contribution in [-0.2, 0) is 41.6 Å². The van der Waals surface area contributed by atoms with Crippen LogP contribution in [0.4, 0.5) is 39.8 Å². The summed E-state index contributed by atoms with van der Waals surface area (Å²) in [6, 6.07) is 33.0. The minimum atomic E-state index is -1.73. The largest absolute Gasteiger partial charge is 0.494 e. The van der Waals surface area contributed by atoms with E-state index >= 15 is 0 Å². The number of aromatic nitrogens is 3. The minimum Gasteiger partial charge on any atom is -0.494 e. The van der Waals surface area contributed by atoms with Gasteiger partial charge in [0.25, 0.3) is 11.6 Å². The third-order valence-electron chi connectivity index (χ3n) is 17.3. The lowest BCUT2D eigenvalue weighted by Gasteiger charge is -2.40. The fourth-order valence-electron chi connectivity index (χ4n) is 11.4. The summed E-state index contributed by atoms with van der Waals surface area (Å²) >= 11 is 0. The van der Waals surface area contributed by atoms with E-state index in [4.69, 9.17) is 28.1 Å². The third-order valence-corrected chi connectivity index (χ3v) is 17.3. The van der Waals surface area contributed by atoms with Crippen molar-refractivity contribution in [3.05, 3.63) is 159 Å². The SMILES string of the molecule is COc1cc(N=Nc2ccc(N(C)CCCC(=O)NCc3cn(CCOCCOC(CC(=O)CCCCCCCNC(=O)c4ccc(-c5c6ccc(=[N+](C)C)cc-6oc6cc(N(C)C)ccc56)c(C(=O)O)c4)O[C@H]4O[C@H](CO)[C@H](O)[C@H](O)[C@H]4O)nn3)cc2)c(C)cc1N=Nc1ccc([N+](=O)[O-])cc1. The lowest BCUT2D eigenvalue weighted by atomic mass is 9.89. The van der Waals surface area contributed by atoms with E-state index in [9.17, 15) is 54.8 Å². The number of carbonyl (C=O) groups is 4. The van der Waals surface area contributed by atoms with Gasteiger partial charge in [-0.25, -0.2) is 14.1 Å². The molecule has 6 atom stereocenters. The van der Waals surface area contributed by atoms with Crippen LogP contribution in [0.1, 0.15) is 89.8 Å². The van der Waals surface area contributed by atoms with Crippen LogP contribution in [0, 0.1) is 17.0 Å². The number of unbranched alkanes of at least 4 members (excludes halogenated alkanes) is 4. The normalized spacial score (nSPS) is 16.3. The van der Waals surface area contributed by atoms with Crippen LogP contribution in [0.15, 0.2) is 146 Å². The van der Waals surface area contributed by atoms with E-state index in [1.54, 1.807) is 35.1 Å². The van der Waals surface area contributed by atoms with E-state index in [-0.39, 0.29) is 74.1 Å². The second-order valence-corrected chi connectivity index (χ2v) is 25.2. The number of benzene rings is 6. The Morgan fingerprint density at radius 3 is 2.17 bits per heavy atom. The van der Waals surface area contributed by atoms with Crippen LogP contribution in [0.2, 0.25) is 0 Å². The van der Waals surface area contributed by atoms with Gasteiger partial charge in [-0.05, 0) is 110 Å². The van der Waals surface area contributed by atoms with Crippen LogP contribution in [0.3, 0.4) is 0 Å². The maximum Gasteiger partial charge on any atom is 0.336 e. The van der Waals surface area contributed by atoms with Crippen molar-refractivity contribution in [1.82, 2.24) is 30.2 Å². The summed E-state index contributed by atoms with van der Waals surface area (Å²) < 4.78 is 38.6. The number of carboxylic acid groups (broad SMARTS) is 1. The lowest BCUT2D eigenvalue weighted by Crippen LogP contribution is -2.59. The molecule has 546 valence electrons. The standard InChI is InChI=1S/C73H87N13O17/c1-45-36-60(80-77-48-19-23-51(24-20-48)86(96)97)63(98-7)41-59(45)79-76-47-17-21-50(22-18-47)84(6)31-13-15-65(89)75-42-49-43-85(81-78-49)32-33-99-34-35-100-66(103-73-70(92)69(91)68(90)64(44-87)102-73)40-54(88)14-11-9-8-10-12-30-74-71(93)46-16-27-55(58(37-46)72(94)95)67-56-28-25-52(82(2)3)38-61(56)101-62-39-53(83(4)5)26-29-57(62)67/h16-29,36-39,41,43,64,66,68-70,73,87,90-92H,8-15,30-35,40,42,44H2,1-7H3,(H2-,74,75,89,93,94,95)/p+1/t64-,66?,68+,69+,70-,73-/m1/s1. The molecule has 1 fully saturated rings. The van der Waals surface area contributed by atoms with Gasteiger partial charge < -0.3 is 74.1 Å². The minimum absolute atomic E-state index is 0.0310. The zero-order valence-electron chi connectivity index (χ0n) is 58.6. The molecular formula is C73H88N13O17+. The highest BCUT2D eigenvalue weighted by atomic mass is 16.8. The second-order valence-electron chi connectivity index (χ2n) is 25.2. The molecular weight excluding hydrogens is 1330 g/mol. The predicted molar refractivity (Wildman–Crippen MR) is 382 cm³/mol. The van der Waals surface area contributed by atoms with E-state index in [2.05, 4.69) is 41.4 Å². The number of aliphatic hydroxyl groups is 4. The van der Waals surface area contributed by atoms with Gasteiger partial charge in [0, 0.05) is 111 Å². The summed E-state index contributed by atoms with van der Waals surface area (Å²) in [7, 11) is 11.1. The molecule has 2 amide bonds. The number of aromatic carboxylic acids is 1. The van der Waals surface area contributed by atoms with Crippen LogP contribution in [0.25, 0.3) is 33.4 Å². The number of rotatable bonds is 37. The Hall–Kier alpha value is -10.3. The van der Waals surface area contributed by atoms with E-state index in [1.807, 2.05) is 117 Å². The van der Waals surface area contributed by atoms with Crippen LogP contribution in [-0.4, -0.2) is 188 Å². The van der Waals surface area contributed by atoms with Crippen molar-refractivity contribution in [3.8, 4) is 28.2 Å². The molecule has 0 bridgehead atoms. The Morgan fingerprint density at radius 1 is 0.757 bits per heavy atom. The number of aryl methyl sites for hydroxylation is 1. The molecule has 0 saturated carbocycles. The molecule has 1 saturated heterocycles. The van der Waals surface area contributed by atoms with Gasteiger partial charge in [0.1, 0.15) is 72.8 Å². The zero-order valence-corrected chi connectivity index (χ0v) is 58.6. The Morgan fingerprint density at radius 2 is 1.47 bits per heavy atom. The first-order valence-electron chi connectivity index (χ1n) is 33.8. The number of nitro benzene ring substituents is 1. The van der Waals surface area contributed by atoms with Gasteiger partial charge in [-0.2, -0.15) is 15.3 Å². The number of hydrogen-bond acceptors (Lipinski definition) is 24. The summed E-state index contributed by atoms with van der Waals surface area (Å²) in [5, 5.41) is 95.8. The van der Waals surface area contributed by atoms with Crippen molar-refractivity contribution >= 4 is 74.3 Å². The monoisotopic (exact) mass is 1420 g/mol. The fourth-order valence-corrected chi connectivity index (χ4v) is 11.4. The number of nitrogens with zero attached hydrogens (tertiary/aromatic N) is 11. The first-order valence-corrected chi connectivity index (χ1v) is 33.8. The summed E-state index contributed by atoms with van der Waals surface area (Å²) in [5.41, 5.74) is 7.78. The molecule has 7 N–H and O–H groups in total. The summed E-state index contributed by atoms with van der Waals surface area (Å²) in [6.07, 6.45) is -3.28. The molecule has 0 spiro atoms. The highest BCUT2D eigenvalue weighted by molar-refractivity contribution is 6.09. The Balaban J connectivity index is 0.663. The van der Waals surface area contributed by atoms with Crippen LogP contribution >= 0.6 is 0 Å². The van der Waals surface area contributed by atoms with Gasteiger partial charge in [-0.3, -0.25) is 24.5 Å². The molecule has 5 aromatic carbocycles. The van der Waals surface area contributed by atoms with E-state index in [0.717, 1.165) is 46.1 Å². The third kappa shape index (κ3) is 21.2. The number of ether oxygens (including phenoxy) is 5. The molecule has 103 heavy (non-hydrogen) atoms. The average Bonchev–Trinajstić information content (AvgIpc) is 0.915. The number of Topliss-reactive ketones (excluding diaryl/α,β-unsaturated/α-hetero) is 1.